The van der Waals surface area contributed by atoms with Gasteiger partial charge in [-0.25, -0.2) is 0 Å². The van der Waals surface area contributed by atoms with Crippen molar-refractivity contribution in [1.82, 2.24) is 10.2 Å². The predicted molar refractivity (Wildman–Crippen MR) is 74.5 cm³/mol. The average Bonchev–Trinajstić information content (AvgIpc) is 2.37. The first-order valence-corrected chi connectivity index (χ1v) is 6.47. The van der Waals surface area contributed by atoms with E-state index >= 15 is 0 Å². The van der Waals surface area contributed by atoms with Gasteiger partial charge in [-0.1, -0.05) is 22.0 Å². The van der Waals surface area contributed by atoms with Crippen molar-refractivity contribution in [3.8, 4) is 0 Å². The van der Waals surface area contributed by atoms with E-state index in [1.807, 2.05) is 19.1 Å². The summed E-state index contributed by atoms with van der Waals surface area (Å²) in [5.74, 6) is -0.140. The number of carbonyl (C=O) groups excluding carboxylic acids is 2. The van der Waals surface area contributed by atoms with Crippen LogP contribution in [0.3, 0.4) is 0 Å². The van der Waals surface area contributed by atoms with Crippen molar-refractivity contribution in [2.45, 2.75) is 13.3 Å². The van der Waals surface area contributed by atoms with Gasteiger partial charge < -0.3 is 10.2 Å². The standard InChI is InChI=1S/C13H17BrN2O2/c1-9-10(5-4-6-11(9)14)13(18)16(3)8-7-12(17)15-2/h4-6H,7-8H2,1-3H3,(H,15,17). The molecule has 0 radical (unpaired) electrons. The molecular formula is C13H17BrN2O2. The molecule has 98 valence electrons. The summed E-state index contributed by atoms with van der Waals surface area (Å²) in [7, 11) is 3.29. The van der Waals surface area contributed by atoms with Gasteiger partial charge in [0.05, 0.1) is 0 Å². The van der Waals surface area contributed by atoms with Gasteiger partial charge in [0.15, 0.2) is 0 Å². The number of rotatable bonds is 4. The van der Waals surface area contributed by atoms with Crippen LogP contribution >= 0.6 is 15.9 Å². The summed E-state index contributed by atoms with van der Waals surface area (Å²) in [5, 5.41) is 2.54. The van der Waals surface area contributed by atoms with Crippen LogP contribution in [0.25, 0.3) is 0 Å². The summed E-state index contributed by atoms with van der Waals surface area (Å²) in [6, 6.07) is 5.52. The van der Waals surface area contributed by atoms with Crippen molar-refractivity contribution >= 4 is 27.7 Å². The van der Waals surface area contributed by atoms with E-state index in [0.717, 1.165) is 10.0 Å². The van der Waals surface area contributed by atoms with Gasteiger partial charge in [0, 0.05) is 37.1 Å². The number of benzene rings is 1. The lowest BCUT2D eigenvalue weighted by Gasteiger charge is -2.18. The van der Waals surface area contributed by atoms with Crippen LogP contribution in [0, 0.1) is 6.92 Å². The Morgan fingerprint density at radius 3 is 2.67 bits per heavy atom. The van der Waals surface area contributed by atoms with E-state index in [-0.39, 0.29) is 11.8 Å². The molecule has 0 saturated carbocycles. The van der Waals surface area contributed by atoms with Crippen molar-refractivity contribution in [3.05, 3.63) is 33.8 Å². The topological polar surface area (TPSA) is 49.4 Å². The fourth-order valence-electron chi connectivity index (χ4n) is 1.54. The first-order chi connectivity index (χ1) is 8.47. The summed E-state index contributed by atoms with van der Waals surface area (Å²) in [5.41, 5.74) is 1.57. The monoisotopic (exact) mass is 312 g/mol. The zero-order valence-electron chi connectivity index (χ0n) is 10.8. The molecule has 2 amide bonds. The minimum absolute atomic E-state index is 0.0689. The van der Waals surface area contributed by atoms with E-state index in [9.17, 15) is 9.59 Å². The average molecular weight is 313 g/mol. The summed E-state index contributed by atoms with van der Waals surface area (Å²) in [6.45, 7) is 2.30. The van der Waals surface area contributed by atoms with E-state index in [1.54, 1.807) is 25.1 Å². The zero-order valence-corrected chi connectivity index (χ0v) is 12.4. The van der Waals surface area contributed by atoms with E-state index < -0.39 is 0 Å². The van der Waals surface area contributed by atoms with Gasteiger partial charge in [-0.2, -0.15) is 0 Å². The third-order valence-electron chi connectivity index (χ3n) is 2.80. The number of nitrogens with one attached hydrogen (secondary N) is 1. The molecule has 0 aliphatic heterocycles. The highest BCUT2D eigenvalue weighted by Gasteiger charge is 2.15. The minimum atomic E-state index is -0.0716. The van der Waals surface area contributed by atoms with E-state index in [2.05, 4.69) is 21.2 Å². The molecule has 1 aromatic carbocycles. The molecule has 1 rings (SSSR count). The summed E-state index contributed by atoms with van der Waals surface area (Å²) < 4.78 is 0.910. The fourth-order valence-corrected chi connectivity index (χ4v) is 1.91. The molecule has 0 unspecified atom stereocenters. The Balaban J connectivity index is 2.74. The molecule has 5 heteroatoms. The van der Waals surface area contributed by atoms with Crippen LogP contribution in [0.5, 0.6) is 0 Å². The lowest BCUT2D eigenvalue weighted by Crippen LogP contribution is -2.31. The third-order valence-corrected chi connectivity index (χ3v) is 3.66. The Hall–Kier alpha value is -1.36. The van der Waals surface area contributed by atoms with Crippen LogP contribution in [0.1, 0.15) is 22.3 Å². The van der Waals surface area contributed by atoms with E-state index in [4.69, 9.17) is 0 Å². The lowest BCUT2D eigenvalue weighted by molar-refractivity contribution is -0.120. The Labute approximate surface area is 115 Å². The summed E-state index contributed by atoms with van der Waals surface area (Å²) in [4.78, 5) is 24.9. The number of carbonyl (C=O) groups is 2. The zero-order chi connectivity index (χ0) is 13.7. The molecule has 18 heavy (non-hydrogen) atoms. The Morgan fingerprint density at radius 2 is 2.06 bits per heavy atom. The van der Waals surface area contributed by atoms with Gasteiger partial charge in [0.25, 0.3) is 5.91 Å². The maximum absolute atomic E-state index is 12.2. The van der Waals surface area contributed by atoms with Crippen LogP contribution in [-0.2, 0) is 4.79 Å². The van der Waals surface area contributed by atoms with Crippen LogP contribution in [-0.4, -0.2) is 37.4 Å². The fraction of sp³-hybridized carbons (Fsp3) is 0.385. The maximum atomic E-state index is 12.2. The molecule has 4 nitrogen and oxygen atoms in total. The van der Waals surface area contributed by atoms with Crippen LogP contribution in [0.15, 0.2) is 22.7 Å². The second-order valence-corrected chi connectivity index (χ2v) is 4.92. The van der Waals surface area contributed by atoms with Gasteiger partial charge in [0.2, 0.25) is 5.91 Å². The molecule has 0 aliphatic carbocycles. The van der Waals surface area contributed by atoms with Crippen molar-refractivity contribution in [3.63, 3.8) is 0 Å². The third kappa shape index (κ3) is 3.57. The molecule has 0 bridgehead atoms. The second kappa shape index (κ2) is 6.54. The van der Waals surface area contributed by atoms with Gasteiger partial charge >= 0.3 is 0 Å². The number of halogens is 1. The van der Waals surface area contributed by atoms with Crippen LogP contribution < -0.4 is 5.32 Å². The molecule has 0 aliphatic rings. The summed E-state index contributed by atoms with van der Waals surface area (Å²) in [6.07, 6.45) is 0.311. The lowest BCUT2D eigenvalue weighted by atomic mass is 10.1. The van der Waals surface area contributed by atoms with Gasteiger partial charge in [-0.05, 0) is 24.6 Å². The van der Waals surface area contributed by atoms with Gasteiger partial charge in [-0.15, -0.1) is 0 Å². The number of amides is 2. The molecule has 0 spiro atoms. The Kier molecular flexibility index (Phi) is 5.34. The molecule has 0 heterocycles. The highest BCUT2D eigenvalue weighted by atomic mass is 79.9. The van der Waals surface area contributed by atoms with Crippen molar-refractivity contribution in [2.24, 2.45) is 0 Å². The van der Waals surface area contributed by atoms with E-state index in [0.29, 0.717) is 18.5 Å². The second-order valence-electron chi connectivity index (χ2n) is 4.06. The molecule has 1 N–H and O–H groups in total. The summed E-state index contributed by atoms with van der Waals surface area (Å²) >= 11 is 3.40. The first kappa shape index (κ1) is 14.7. The largest absolute Gasteiger partial charge is 0.359 e. The smallest absolute Gasteiger partial charge is 0.253 e. The number of nitrogens with zero attached hydrogens (tertiary/aromatic N) is 1. The van der Waals surface area contributed by atoms with Crippen LogP contribution in [0.4, 0.5) is 0 Å². The minimum Gasteiger partial charge on any atom is -0.359 e. The molecule has 1 aromatic rings. The highest BCUT2D eigenvalue weighted by molar-refractivity contribution is 9.10. The molecule has 0 aromatic heterocycles. The Morgan fingerprint density at radius 1 is 1.39 bits per heavy atom. The first-order valence-electron chi connectivity index (χ1n) is 5.68. The number of hydrogen-bond donors (Lipinski definition) is 1. The van der Waals surface area contributed by atoms with Crippen molar-refractivity contribution < 1.29 is 9.59 Å². The molecule has 0 saturated heterocycles. The molecular weight excluding hydrogens is 296 g/mol. The van der Waals surface area contributed by atoms with Crippen molar-refractivity contribution in [1.29, 1.82) is 0 Å². The number of hydrogen-bond acceptors (Lipinski definition) is 2. The predicted octanol–water partition coefficient (Wildman–Crippen LogP) is 1.97. The van der Waals surface area contributed by atoms with Crippen LogP contribution in [0.2, 0.25) is 0 Å². The molecule has 0 atom stereocenters. The van der Waals surface area contributed by atoms with Crippen molar-refractivity contribution in [2.75, 3.05) is 20.6 Å². The quantitative estimate of drug-likeness (QED) is 0.924. The molecule has 0 fully saturated rings. The highest BCUT2D eigenvalue weighted by Crippen LogP contribution is 2.20. The Bertz CT molecular complexity index is 460. The SMILES string of the molecule is CNC(=O)CCN(C)C(=O)c1cccc(Br)c1C. The van der Waals surface area contributed by atoms with E-state index in [1.165, 1.54) is 0 Å². The van der Waals surface area contributed by atoms with Gasteiger partial charge in [-0.3, -0.25) is 9.59 Å². The van der Waals surface area contributed by atoms with Gasteiger partial charge in [0.1, 0.15) is 0 Å². The normalized spacial score (nSPS) is 10.0. The maximum Gasteiger partial charge on any atom is 0.253 e.